The number of hydrogen-bond donors (Lipinski definition) is 9. The number of hydrogen-bond acceptors (Lipinski definition) is 13. The highest BCUT2D eigenvalue weighted by Gasteiger charge is 2.51. The second-order valence-corrected chi connectivity index (χ2v) is 25.0. The lowest BCUT2D eigenvalue weighted by Gasteiger charge is -2.46. The average Bonchev–Trinajstić information content (AvgIpc) is 0.794. The molecule has 534 valence electrons. The molecule has 0 bridgehead atoms. The molecular weight excluding hydrogens is 1180 g/mol. The summed E-state index contributed by atoms with van der Waals surface area (Å²) in [6.07, 6.45) is 78.6. The molecule has 0 aliphatic carbocycles. The van der Waals surface area contributed by atoms with Crippen LogP contribution in [0.3, 0.4) is 0 Å². The highest BCUT2D eigenvalue weighted by Crippen LogP contribution is 2.30. The minimum atomic E-state index is -1.80. The summed E-state index contributed by atoms with van der Waals surface area (Å²) >= 11 is 0. The van der Waals surface area contributed by atoms with Gasteiger partial charge in [0.2, 0.25) is 5.91 Å². The molecule has 2 aliphatic heterocycles. The zero-order chi connectivity index (χ0) is 68.0. The Labute approximate surface area is 569 Å². The number of carbonyl (C=O) groups is 1. The predicted octanol–water partition coefficient (Wildman–Crippen LogP) is 15.8. The number of aliphatic hydroxyl groups excluding tert-OH is 8. The Bertz CT molecular complexity index is 2190. The van der Waals surface area contributed by atoms with Gasteiger partial charge in [0.25, 0.3) is 0 Å². The Kier molecular flexibility index (Phi) is 56.7. The lowest BCUT2D eigenvalue weighted by molar-refractivity contribution is -0.359. The highest BCUT2D eigenvalue weighted by atomic mass is 16.7. The van der Waals surface area contributed by atoms with Crippen LogP contribution in [0.25, 0.3) is 0 Å². The smallest absolute Gasteiger partial charge is 0.220 e. The van der Waals surface area contributed by atoms with E-state index in [2.05, 4.69) is 165 Å². The first-order valence-corrected chi connectivity index (χ1v) is 36.7. The van der Waals surface area contributed by atoms with Gasteiger partial charge in [-0.1, -0.05) is 275 Å². The van der Waals surface area contributed by atoms with Gasteiger partial charge in [0.15, 0.2) is 12.6 Å². The van der Waals surface area contributed by atoms with E-state index in [1.165, 1.54) is 83.5 Å². The zero-order valence-corrected chi connectivity index (χ0v) is 58.1. The quantitative estimate of drug-likeness (QED) is 0.0204. The van der Waals surface area contributed by atoms with Crippen LogP contribution in [0.15, 0.2) is 158 Å². The lowest BCUT2D eigenvalue weighted by atomic mass is 9.97. The van der Waals surface area contributed by atoms with Crippen molar-refractivity contribution in [1.29, 1.82) is 0 Å². The van der Waals surface area contributed by atoms with Gasteiger partial charge in [0.05, 0.1) is 32.0 Å². The van der Waals surface area contributed by atoms with Gasteiger partial charge in [-0.25, -0.2) is 0 Å². The molecule has 94 heavy (non-hydrogen) atoms. The van der Waals surface area contributed by atoms with E-state index in [4.69, 9.17) is 18.9 Å². The zero-order valence-electron chi connectivity index (χ0n) is 58.1. The maximum absolute atomic E-state index is 13.3. The summed E-state index contributed by atoms with van der Waals surface area (Å²) in [5.41, 5.74) is 0. The van der Waals surface area contributed by atoms with Crippen LogP contribution in [0.4, 0.5) is 0 Å². The van der Waals surface area contributed by atoms with E-state index < -0.39 is 86.8 Å². The van der Waals surface area contributed by atoms with Crippen LogP contribution in [0.1, 0.15) is 245 Å². The summed E-state index contributed by atoms with van der Waals surface area (Å²) in [5, 5.41) is 87.4. The van der Waals surface area contributed by atoms with Gasteiger partial charge >= 0.3 is 0 Å². The number of allylic oxidation sites excluding steroid dienone is 25. The van der Waals surface area contributed by atoms with Crippen LogP contribution in [-0.4, -0.2) is 140 Å². The van der Waals surface area contributed by atoms with E-state index >= 15 is 0 Å². The second kappa shape index (κ2) is 62.2. The number of carbonyl (C=O) groups excluding carboxylic acids is 1. The van der Waals surface area contributed by atoms with Crippen LogP contribution >= 0.6 is 0 Å². The molecule has 2 rings (SSSR count). The summed E-state index contributed by atoms with van der Waals surface area (Å²) in [4.78, 5) is 13.3. The van der Waals surface area contributed by atoms with Crippen molar-refractivity contribution in [1.82, 2.24) is 5.32 Å². The fraction of sp³-hybridized carbons (Fsp3) is 0.662. The van der Waals surface area contributed by atoms with Gasteiger partial charge in [-0.2, -0.15) is 0 Å². The fourth-order valence-electron chi connectivity index (χ4n) is 10.9. The Balaban J connectivity index is 1.70. The maximum Gasteiger partial charge on any atom is 0.220 e. The first-order valence-electron chi connectivity index (χ1n) is 36.7. The normalized spacial score (nSPS) is 23.4. The SMILES string of the molecule is CC/C=C\C/C=C\C/C=C\C/C=C\C/C=C\C/C=C\C/C=C\C/C=C\C/C=C\C/C=C\CCCCCCCCC(=O)NC(COC1OC(CO)C(OC2OC(CO)C(O)C(O)C2O)C(O)C1O)C(O)/C=C/CC/C=C/CC/C=C/CCCCCCCCCCCCCCC. The minimum absolute atomic E-state index is 0.242. The van der Waals surface area contributed by atoms with Crippen molar-refractivity contribution in [2.75, 3.05) is 19.8 Å². The van der Waals surface area contributed by atoms with Crippen molar-refractivity contribution in [2.45, 2.75) is 319 Å². The fourth-order valence-corrected chi connectivity index (χ4v) is 10.9. The molecule has 2 fully saturated rings. The summed E-state index contributed by atoms with van der Waals surface area (Å²) in [7, 11) is 0. The molecule has 0 aromatic carbocycles. The molecule has 0 aromatic heterocycles. The second-order valence-electron chi connectivity index (χ2n) is 25.0. The Morgan fingerprint density at radius 3 is 1.17 bits per heavy atom. The van der Waals surface area contributed by atoms with E-state index in [1.807, 2.05) is 6.08 Å². The molecular formula is C80H131NO13. The lowest BCUT2D eigenvalue weighted by Crippen LogP contribution is -2.65. The summed E-state index contributed by atoms with van der Waals surface area (Å²) < 4.78 is 22.8. The van der Waals surface area contributed by atoms with Crippen molar-refractivity contribution in [3.63, 3.8) is 0 Å². The van der Waals surface area contributed by atoms with Crippen molar-refractivity contribution < 1.29 is 64.6 Å². The third kappa shape index (κ3) is 45.2. The van der Waals surface area contributed by atoms with Crippen molar-refractivity contribution >= 4 is 5.91 Å². The highest BCUT2D eigenvalue weighted by molar-refractivity contribution is 5.76. The van der Waals surface area contributed by atoms with E-state index in [9.17, 15) is 45.6 Å². The van der Waals surface area contributed by atoms with Crippen LogP contribution in [0, 0.1) is 0 Å². The molecule has 2 aliphatic rings. The molecule has 0 saturated carbocycles. The van der Waals surface area contributed by atoms with E-state index in [0.717, 1.165) is 128 Å². The number of aliphatic hydroxyl groups is 8. The van der Waals surface area contributed by atoms with Gasteiger partial charge in [-0.05, 0) is 122 Å². The molecule has 0 aromatic rings. The van der Waals surface area contributed by atoms with Crippen molar-refractivity contribution in [2.24, 2.45) is 0 Å². The Hall–Kier alpha value is -4.39. The van der Waals surface area contributed by atoms with Gasteiger partial charge in [0.1, 0.15) is 48.8 Å². The number of ether oxygens (including phenoxy) is 4. The third-order valence-corrected chi connectivity index (χ3v) is 16.7. The summed E-state index contributed by atoms with van der Waals surface area (Å²) in [5.74, 6) is -0.274. The van der Waals surface area contributed by atoms with E-state index in [1.54, 1.807) is 6.08 Å². The molecule has 14 heteroatoms. The third-order valence-electron chi connectivity index (χ3n) is 16.7. The largest absolute Gasteiger partial charge is 0.394 e. The van der Waals surface area contributed by atoms with Gasteiger partial charge in [-0.3, -0.25) is 4.79 Å². The van der Waals surface area contributed by atoms with Gasteiger partial charge in [-0.15, -0.1) is 0 Å². The number of unbranched alkanes of at least 4 members (excludes halogenated alkanes) is 21. The van der Waals surface area contributed by atoms with Crippen molar-refractivity contribution in [3.8, 4) is 0 Å². The Morgan fingerprint density at radius 1 is 0.394 bits per heavy atom. The van der Waals surface area contributed by atoms with Crippen LogP contribution in [0.2, 0.25) is 0 Å². The average molecular weight is 1310 g/mol. The van der Waals surface area contributed by atoms with E-state index in [0.29, 0.717) is 12.8 Å². The summed E-state index contributed by atoms with van der Waals surface area (Å²) in [6, 6.07) is -0.960. The number of rotatable bonds is 58. The van der Waals surface area contributed by atoms with Gasteiger partial charge in [0, 0.05) is 6.42 Å². The first-order chi connectivity index (χ1) is 46.1. The van der Waals surface area contributed by atoms with E-state index in [-0.39, 0.29) is 18.9 Å². The standard InChI is InChI=1S/C80H131NO13/c1-3-5-7-9-11-13-15-17-19-21-23-25-27-28-29-30-31-32-33-34-35-36-37-38-39-40-42-44-46-48-50-52-54-56-58-60-62-64-72(85)81-68(67-91-79-77(90)75(88)78(71(66-83)93-79)94-80-76(89)74(87)73(86)70(65-82)92-80)69(84)63-61-59-57-55-53-51-49-47-45-43-41-26-24-22-20-18-16-14-12-10-8-6-4-2/h5,7,11,13,17,19,23,25,28-29,31-32,34-35,37-38,40,42,45-48,53,55,61,63,68-71,73-80,82-84,86-90H,3-4,6,8-10,12,14-16,18,20-22,24,26-27,30,33,36,39,41,43-44,49-52,54,56-60,62,64-67H2,1-2H3,(H,81,85)/b7-5-,13-11-,19-17-,25-23-,29-28-,32-31-,35-34-,38-37-,42-40-,47-45+,48-46-,55-53+,63-61+. The number of amides is 1. The number of nitrogens with one attached hydrogen (secondary N) is 1. The molecule has 0 spiro atoms. The van der Waals surface area contributed by atoms with Gasteiger partial charge < -0.3 is 65.1 Å². The predicted molar refractivity (Wildman–Crippen MR) is 387 cm³/mol. The maximum atomic E-state index is 13.3. The van der Waals surface area contributed by atoms with Crippen LogP contribution < -0.4 is 5.32 Å². The molecule has 12 atom stereocenters. The Morgan fingerprint density at radius 2 is 0.745 bits per heavy atom. The molecule has 9 N–H and O–H groups in total. The molecule has 14 nitrogen and oxygen atoms in total. The van der Waals surface area contributed by atoms with Crippen LogP contribution in [-0.2, 0) is 23.7 Å². The monoisotopic (exact) mass is 1310 g/mol. The first kappa shape index (κ1) is 85.7. The van der Waals surface area contributed by atoms with Crippen LogP contribution in [0.5, 0.6) is 0 Å². The van der Waals surface area contributed by atoms with Crippen molar-refractivity contribution in [3.05, 3.63) is 158 Å². The molecule has 0 radical (unpaired) electrons. The molecule has 12 unspecified atom stereocenters. The minimum Gasteiger partial charge on any atom is -0.394 e. The topological polar surface area (TPSA) is 228 Å². The summed E-state index contributed by atoms with van der Waals surface area (Å²) in [6.45, 7) is 2.65. The molecule has 1 amide bonds. The molecule has 2 saturated heterocycles. The molecule has 2 heterocycles.